The summed E-state index contributed by atoms with van der Waals surface area (Å²) in [5.74, 6) is 0.675. The zero-order valence-electron chi connectivity index (χ0n) is 12.8. The first-order valence-electron chi connectivity index (χ1n) is 7.67. The van der Waals surface area contributed by atoms with Crippen LogP contribution in [0.3, 0.4) is 0 Å². The van der Waals surface area contributed by atoms with Gasteiger partial charge in [0.05, 0.1) is 0 Å². The molecule has 1 aliphatic carbocycles. The molecular formula is C17H18FN3O2. The first-order valence-corrected chi connectivity index (χ1v) is 7.67. The van der Waals surface area contributed by atoms with E-state index in [0.29, 0.717) is 29.6 Å². The van der Waals surface area contributed by atoms with Crippen LogP contribution in [0.2, 0.25) is 0 Å². The number of nitrogens with one attached hydrogen (secondary N) is 1. The molecule has 5 nitrogen and oxygen atoms in total. The Morgan fingerprint density at radius 1 is 1.43 bits per heavy atom. The number of rotatable bonds is 5. The average molecular weight is 315 g/mol. The summed E-state index contributed by atoms with van der Waals surface area (Å²) in [6.45, 7) is 1.80. The molecule has 0 aliphatic heterocycles. The SMILES string of the molecule is C[C@@H](NC(=O)C[C@H]1C=CCC1)c1nc(-c2ccc(F)cc2)no1. The van der Waals surface area contributed by atoms with Crippen LogP contribution in [0.25, 0.3) is 11.4 Å². The van der Waals surface area contributed by atoms with E-state index in [2.05, 4.69) is 27.6 Å². The van der Waals surface area contributed by atoms with Gasteiger partial charge in [0, 0.05) is 12.0 Å². The molecular weight excluding hydrogens is 297 g/mol. The van der Waals surface area contributed by atoms with Crippen molar-refractivity contribution in [1.29, 1.82) is 0 Å². The Labute approximate surface area is 133 Å². The Kier molecular flexibility index (Phi) is 4.50. The fourth-order valence-corrected chi connectivity index (χ4v) is 2.59. The average Bonchev–Trinajstić information content (AvgIpc) is 3.19. The second-order valence-electron chi connectivity index (χ2n) is 5.72. The van der Waals surface area contributed by atoms with Crippen molar-refractivity contribution in [1.82, 2.24) is 15.5 Å². The summed E-state index contributed by atoms with van der Waals surface area (Å²) in [4.78, 5) is 16.3. The van der Waals surface area contributed by atoms with Gasteiger partial charge in [-0.25, -0.2) is 4.39 Å². The predicted molar refractivity (Wildman–Crippen MR) is 82.7 cm³/mol. The van der Waals surface area contributed by atoms with E-state index in [4.69, 9.17) is 4.52 Å². The molecule has 1 aromatic carbocycles. The molecule has 23 heavy (non-hydrogen) atoms. The van der Waals surface area contributed by atoms with E-state index in [0.717, 1.165) is 12.8 Å². The number of amides is 1. The summed E-state index contributed by atoms with van der Waals surface area (Å²) in [6, 6.07) is 5.48. The minimum Gasteiger partial charge on any atom is -0.345 e. The molecule has 120 valence electrons. The molecule has 0 saturated carbocycles. The predicted octanol–water partition coefficient (Wildman–Crippen LogP) is 3.41. The minimum absolute atomic E-state index is 0.0319. The highest BCUT2D eigenvalue weighted by Gasteiger charge is 2.20. The fraction of sp³-hybridized carbons (Fsp3) is 0.353. The zero-order valence-corrected chi connectivity index (χ0v) is 12.8. The standard InChI is InChI=1S/C17H18FN3O2/c1-11(19-15(22)10-12-4-2-3-5-12)17-20-16(21-23-17)13-6-8-14(18)9-7-13/h2,4,6-9,11-12H,3,5,10H2,1H3,(H,19,22)/t11-,12+/m1/s1. The Hall–Kier alpha value is -2.50. The number of aromatic nitrogens is 2. The Morgan fingerprint density at radius 2 is 2.22 bits per heavy atom. The van der Waals surface area contributed by atoms with Gasteiger partial charge in [-0.05, 0) is 49.9 Å². The van der Waals surface area contributed by atoms with Gasteiger partial charge >= 0.3 is 0 Å². The van der Waals surface area contributed by atoms with Crippen LogP contribution in [0.15, 0.2) is 40.9 Å². The van der Waals surface area contributed by atoms with Gasteiger partial charge in [0.1, 0.15) is 11.9 Å². The van der Waals surface area contributed by atoms with Gasteiger partial charge in [0.25, 0.3) is 0 Å². The maximum Gasteiger partial charge on any atom is 0.249 e. The van der Waals surface area contributed by atoms with Crippen LogP contribution in [0.1, 0.15) is 38.1 Å². The van der Waals surface area contributed by atoms with Gasteiger partial charge in [-0.15, -0.1) is 0 Å². The summed E-state index contributed by atoms with van der Waals surface area (Å²) in [6.07, 6.45) is 6.73. The van der Waals surface area contributed by atoms with Crippen molar-refractivity contribution in [2.45, 2.75) is 32.2 Å². The summed E-state index contributed by atoms with van der Waals surface area (Å²) in [5, 5.41) is 6.74. The molecule has 2 aromatic rings. The van der Waals surface area contributed by atoms with Crippen molar-refractivity contribution in [3.8, 4) is 11.4 Å². The van der Waals surface area contributed by atoms with E-state index in [9.17, 15) is 9.18 Å². The number of carbonyl (C=O) groups excluding carboxylic acids is 1. The maximum absolute atomic E-state index is 12.9. The molecule has 1 aromatic heterocycles. The molecule has 1 heterocycles. The molecule has 0 saturated heterocycles. The fourth-order valence-electron chi connectivity index (χ4n) is 2.59. The largest absolute Gasteiger partial charge is 0.345 e. The smallest absolute Gasteiger partial charge is 0.249 e. The van der Waals surface area contributed by atoms with E-state index < -0.39 is 0 Å². The molecule has 3 rings (SSSR count). The van der Waals surface area contributed by atoms with Crippen molar-refractivity contribution in [2.24, 2.45) is 5.92 Å². The van der Waals surface area contributed by atoms with Crippen LogP contribution in [0.4, 0.5) is 4.39 Å². The molecule has 2 atom stereocenters. The van der Waals surface area contributed by atoms with E-state index in [-0.39, 0.29) is 17.8 Å². The number of halogens is 1. The third kappa shape index (κ3) is 3.83. The highest BCUT2D eigenvalue weighted by Crippen LogP contribution is 2.22. The highest BCUT2D eigenvalue weighted by atomic mass is 19.1. The normalized spacial score (nSPS) is 18.1. The van der Waals surface area contributed by atoms with Crippen molar-refractivity contribution in [3.05, 3.63) is 48.1 Å². The van der Waals surface area contributed by atoms with Crippen LogP contribution in [0, 0.1) is 11.7 Å². The van der Waals surface area contributed by atoms with Crippen molar-refractivity contribution in [2.75, 3.05) is 0 Å². The number of hydrogen-bond acceptors (Lipinski definition) is 4. The van der Waals surface area contributed by atoms with E-state index in [1.807, 2.05) is 0 Å². The molecule has 0 fully saturated rings. The minimum atomic E-state index is -0.366. The Balaban J connectivity index is 1.61. The first-order chi connectivity index (χ1) is 11.1. The quantitative estimate of drug-likeness (QED) is 0.859. The van der Waals surface area contributed by atoms with Crippen molar-refractivity contribution >= 4 is 5.91 Å². The van der Waals surface area contributed by atoms with Gasteiger partial charge in [-0.2, -0.15) is 4.98 Å². The van der Waals surface area contributed by atoms with E-state index in [1.165, 1.54) is 12.1 Å². The summed E-state index contributed by atoms with van der Waals surface area (Å²) in [5.41, 5.74) is 0.663. The molecule has 0 radical (unpaired) electrons. The number of allylic oxidation sites excluding steroid dienone is 2. The Morgan fingerprint density at radius 3 is 2.91 bits per heavy atom. The second-order valence-corrected chi connectivity index (χ2v) is 5.72. The van der Waals surface area contributed by atoms with Crippen LogP contribution < -0.4 is 5.32 Å². The van der Waals surface area contributed by atoms with Gasteiger partial charge in [0.2, 0.25) is 17.6 Å². The van der Waals surface area contributed by atoms with Gasteiger partial charge < -0.3 is 9.84 Å². The van der Waals surface area contributed by atoms with Crippen LogP contribution in [0.5, 0.6) is 0 Å². The third-order valence-corrected chi connectivity index (χ3v) is 3.85. The number of benzene rings is 1. The van der Waals surface area contributed by atoms with Gasteiger partial charge in [-0.1, -0.05) is 17.3 Å². The number of carbonyl (C=O) groups is 1. The first kappa shape index (κ1) is 15.4. The molecule has 6 heteroatoms. The molecule has 0 unspecified atom stereocenters. The lowest BCUT2D eigenvalue weighted by Gasteiger charge is -2.11. The lowest BCUT2D eigenvalue weighted by molar-refractivity contribution is -0.122. The topological polar surface area (TPSA) is 68.0 Å². The maximum atomic E-state index is 12.9. The molecule has 1 aliphatic rings. The zero-order chi connectivity index (χ0) is 16.2. The summed E-state index contributed by atoms with van der Waals surface area (Å²) >= 11 is 0. The number of nitrogens with zero attached hydrogens (tertiary/aromatic N) is 2. The molecule has 1 amide bonds. The van der Waals surface area contributed by atoms with Gasteiger partial charge in [-0.3, -0.25) is 4.79 Å². The summed E-state index contributed by atoms with van der Waals surface area (Å²) < 4.78 is 18.1. The van der Waals surface area contributed by atoms with E-state index >= 15 is 0 Å². The van der Waals surface area contributed by atoms with Crippen molar-refractivity contribution < 1.29 is 13.7 Å². The van der Waals surface area contributed by atoms with Crippen molar-refractivity contribution in [3.63, 3.8) is 0 Å². The monoisotopic (exact) mass is 315 g/mol. The summed E-state index contributed by atoms with van der Waals surface area (Å²) in [7, 11) is 0. The second kappa shape index (κ2) is 6.73. The molecule has 0 bridgehead atoms. The molecule has 0 spiro atoms. The third-order valence-electron chi connectivity index (χ3n) is 3.85. The van der Waals surface area contributed by atoms with Gasteiger partial charge in [0.15, 0.2) is 0 Å². The van der Waals surface area contributed by atoms with E-state index in [1.54, 1.807) is 19.1 Å². The van der Waals surface area contributed by atoms with Crippen LogP contribution in [-0.2, 0) is 4.79 Å². The van der Waals surface area contributed by atoms with Crippen LogP contribution >= 0.6 is 0 Å². The number of hydrogen-bond donors (Lipinski definition) is 1. The lowest BCUT2D eigenvalue weighted by Crippen LogP contribution is -2.28. The Bertz CT molecular complexity index is 709. The lowest BCUT2D eigenvalue weighted by atomic mass is 10.0. The molecule has 1 N–H and O–H groups in total. The highest BCUT2D eigenvalue weighted by molar-refractivity contribution is 5.76. The van der Waals surface area contributed by atoms with Crippen LogP contribution in [-0.4, -0.2) is 16.0 Å².